The molecular formula is C15H20N2O4. The van der Waals surface area contributed by atoms with Crippen LogP contribution in [0.5, 0.6) is 5.75 Å². The summed E-state index contributed by atoms with van der Waals surface area (Å²) in [4.78, 5) is 25.0. The Kier molecular flexibility index (Phi) is 4.45. The molecule has 0 aliphatic heterocycles. The highest BCUT2D eigenvalue weighted by Gasteiger charge is 2.35. The van der Waals surface area contributed by atoms with E-state index in [0.29, 0.717) is 12.2 Å². The summed E-state index contributed by atoms with van der Waals surface area (Å²) in [5.41, 5.74) is 0.174. The molecule has 0 bridgehead atoms. The van der Waals surface area contributed by atoms with Gasteiger partial charge in [-0.15, -0.1) is 0 Å². The van der Waals surface area contributed by atoms with Crippen LogP contribution < -0.4 is 4.74 Å². The lowest BCUT2D eigenvalue weighted by Gasteiger charge is -2.26. The van der Waals surface area contributed by atoms with E-state index < -0.39 is 4.92 Å². The molecule has 0 N–H and O–H groups in total. The summed E-state index contributed by atoms with van der Waals surface area (Å²) < 4.78 is 5.23. The number of carbonyl (C=O) groups is 1. The van der Waals surface area contributed by atoms with Crippen LogP contribution in [-0.4, -0.2) is 34.4 Å². The highest BCUT2D eigenvalue weighted by Crippen LogP contribution is 2.32. The van der Waals surface area contributed by atoms with Crippen molar-refractivity contribution < 1.29 is 14.5 Å². The van der Waals surface area contributed by atoms with E-state index in [1.54, 1.807) is 17.9 Å². The molecule has 0 radical (unpaired) electrons. The van der Waals surface area contributed by atoms with Crippen molar-refractivity contribution in [3.8, 4) is 5.75 Å². The Bertz CT molecular complexity index is 551. The molecule has 0 spiro atoms. The van der Waals surface area contributed by atoms with E-state index in [9.17, 15) is 14.9 Å². The van der Waals surface area contributed by atoms with Gasteiger partial charge in [0.1, 0.15) is 0 Å². The largest absolute Gasteiger partial charge is 0.487 e. The summed E-state index contributed by atoms with van der Waals surface area (Å²) in [6.45, 7) is 6.02. The zero-order valence-electron chi connectivity index (χ0n) is 12.5. The van der Waals surface area contributed by atoms with Gasteiger partial charge in [0.15, 0.2) is 5.75 Å². The summed E-state index contributed by atoms with van der Waals surface area (Å²) in [7, 11) is 0. The van der Waals surface area contributed by atoms with Crippen molar-refractivity contribution in [2.75, 3.05) is 6.61 Å². The molecule has 1 saturated carbocycles. The van der Waals surface area contributed by atoms with Crippen LogP contribution in [0.1, 0.15) is 44.0 Å². The molecule has 0 atom stereocenters. The Hall–Kier alpha value is -2.11. The quantitative estimate of drug-likeness (QED) is 0.597. The Balaban J connectivity index is 2.32. The molecule has 1 fully saturated rings. The monoisotopic (exact) mass is 292 g/mol. The molecule has 1 aromatic rings. The van der Waals surface area contributed by atoms with E-state index in [4.69, 9.17) is 4.74 Å². The third-order valence-corrected chi connectivity index (χ3v) is 3.43. The number of amides is 1. The molecular weight excluding hydrogens is 272 g/mol. The summed E-state index contributed by atoms with van der Waals surface area (Å²) in [6, 6.07) is 4.75. The van der Waals surface area contributed by atoms with Crippen molar-refractivity contribution in [1.29, 1.82) is 0 Å². The minimum Gasteiger partial charge on any atom is -0.487 e. The lowest BCUT2D eigenvalue weighted by Crippen LogP contribution is -2.38. The van der Waals surface area contributed by atoms with Crippen molar-refractivity contribution in [3.63, 3.8) is 0 Å². The van der Waals surface area contributed by atoms with Crippen LogP contribution in [0.2, 0.25) is 0 Å². The SMILES string of the molecule is CCOc1ccc(C(=O)N(C(C)C)C2CC2)cc1[N+](=O)[O-]. The van der Waals surface area contributed by atoms with E-state index in [1.165, 1.54) is 12.1 Å². The van der Waals surface area contributed by atoms with Gasteiger partial charge in [-0.05, 0) is 45.7 Å². The van der Waals surface area contributed by atoms with Crippen molar-refractivity contribution >= 4 is 11.6 Å². The normalized spacial score (nSPS) is 14.1. The summed E-state index contributed by atoms with van der Waals surface area (Å²) in [5, 5.41) is 11.1. The number of ether oxygens (including phenoxy) is 1. The number of nitro groups is 1. The highest BCUT2D eigenvalue weighted by molar-refractivity contribution is 5.95. The third-order valence-electron chi connectivity index (χ3n) is 3.43. The first-order valence-corrected chi connectivity index (χ1v) is 7.19. The molecule has 0 heterocycles. The molecule has 0 aromatic heterocycles. The minimum absolute atomic E-state index is 0.0793. The van der Waals surface area contributed by atoms with Gasteiger partial charge in [-0.3, -0.25) is 14.9 Å². The van der Waals surface area contributed by atoms with E-state index in [2.05, 4.69) is 0 Å². The Morgan fingerprint density at radius 2 is 2.14 bits per heavy atom. The van der Waals surface area contributed by atoms with Gasteiger partial charge >= 0.3 is 5.69 Å². The lowest BCUT2D eigenvalue weighted by molar-refractivity contribution is -0.385. The van der Waals surface area contributed by atoms with E-state index >= 15 is 0 Å². The van der Waals surface area contributed by atoms with Crippen LogP contribution in [0.4, 0.5) is 5.69 Å². The fourth-order valence-corrected chi connectivity index (χ4v) is 2.39. The number of hydrogen-bond acceptors (Lipinski definition) is 4. The fourth-order valence-electron chi connectivity index (χ4n) is 2.39. The maximum Gasteiger partial charge on any atom is 0.311 e. The average molecular weight is 292 g/mol. The summed E-state index contributed by atoms with van der Waals surface area (Å²) >= 11 is 0. The van der Waals surface area contributed by atoms with Crippen LogP contribution in [0.25, 0.3) is 0 Å². The van der Waals surface area contributed by atoms with Crippen LogP contribution >= 0.6 is 0 Å². The Morgan fingerprint density at radius 1 is 1.48 bits per heavy atom. The number of hydrogen-bond donors (Lipinski definition) is 0. The zero-order valence-corrected chi connectivity index (χ0v) is 12.5. The number of rotatable bonds is 6. The Labute approximate surface area is 123 Å². The maximum absolute atomic E-state index is 12.6. The molecule has 6 heteroatoms. The van der Waals surface area contributed by atoms with Crippen molar-refractivity contribution in [2.24, 2.45) is 0 Å². The molecule has 2 rings (SSSR count). The predicted molar refractivity (Wildman–Crippen MR) is 78.6 cm³/mol. The van der Waals surface area contributed by atoms with E-state index in [0.717, 1.165) is 12.8 Å². The van der Waals surface area contributed by atoms with Crippen LogP contribution in [0.3, 0.4) is 0 Å². The first-order chi connectivity index (χ1) is 9.95. The van der Waals surface area contributed by atoms with Crippen LogP contribution in [0, 0.1) is 10.1 Å². The van der Waals surface area contributed by atoms with Gasteiger partial charge in [0.05, 0.1) is 11.5 Å². The second-order valence-electron chi connectivity index (χ2n) is 5.41. The van der Waals surface area contributed by atoms with Crippen LogP contribution in [-0.2, 0) is 0 Å². The zero-order chi connectivity index (χ0) is 15.6. The summed E-state index contributed by atoms with van der Waals surface area (Å²) in [6.07, 6.45) is 2.01. The van der Waals surface area contributed by atoms with Gasteiger partial charge < -0.3 is 9.64 Å². The molecule has 0 unspecified atom stereocenters. The minimum atomic E-state index is -0.515. The summed E-state index contributed by atoms with van der Waals surface area (Å²) in [5.74, 6) is 0.0419. The second kappa shape index (κ2) is 6.11. The molecule has 1 aromatic carbocycles. The van der Waals surface area contributed by atoms with Gasteiger partial charge in [-0.25, -0.2) is 0 Å². The molecule has 114 valence electrons. The molecule has 6 nitrogen and oxygen atoms in total. The standard InChI is InChI=1S/C15H20N2O4/c1-4-21-14-8-5-11(9-13(14)17(19)20)15(18)16(10(2)3)12-6-7-12/h5,8-10,12H,4,6-7H2,1-3H3. The van der Waals surface area contributed by atoms with Crippen molar-refractivity contribution in [1.82, 2.24) is 4.90 Å². The first kappa shape index (κ1) is 15.3. The van der Waals surface area contributed by atoms with Gasteiger partial charge in [0.2, 0.25) is 0 Å². The van der Waals surface area contributed by atoms with Crippen molar-refractivity contribution in [3.05, 3.63) is 33.9 Å². The second-order valence-corrected chi connectivity index (χ2v) is 5.41. The molecule has 21 heavy (non-hydrogen) atoms. The number of nitrogens with zero attached hydrogens (tertiary/aromatic N) is 2. The number of carbonyl (C=O) groups excluding carboxylic acids is 1. The molecule has 1 aliphatic rings. The molecule has 0 saturated heterocycles. The first-order valence-electron chi connectivity index (χ1n) is 7.19. The predicted octanol–water partition coefficient (Wildman–Crippen LogP) is 3.01. The number of nitro benzene ring substituents is 1. The topological polar surface area (TPSA) is 72.7 Å². The highest BCUT2D eigenvalue weighted by atomic mass is 16.6. The molecule has 1 aliphatic carbocycles. The van der Waals surface area contributed by atoms with Gasteiger partial charge in [-0.2, -0.15) is 0 Å². The van der Waals surface area contributed by atoms with E-state index in [1.807, 2.05) is 13.8 Å². The lowest BCUT2D eigenvalue weighted by atomic mass is 10.1. The van der Waals surface area contributed by atoms with Gasteiger partial charge in [-0.1, -0.05) is 0 Å². The third kappa shape index (κ3) is 3.32. The molecule has 1 amide bonds. The van der Waals surface area contributed by atoms with Crippen molar-refractivity contribution in [2.45, 2.75) is 45.7 Å². The van der Waals surface area contributed by atoms with Gasteiger partial charge in [0, 0.05) is 23.7 Å². The Morgan fingerprint density at radius 3 is 2.62 bits per heavy atom. The smallest absolute Gasteiger partial charge is 0.311 e. The van der Waals surface area contributed by atoms with Gasteiger partial charge in [0.25, 0.3) is 5.91 Å². The maximum atomic E-state index is 12.6. The average Bonchev–Trinajstić information content (AvgIpc) is 3.23. The fraction of sp³-hybridized carbons (Fsp3) is 0.533. The van der Waals surface area contributed by atoms with E-state index in [-0.39, 0.29) is 29.4 Å². The van der Waals surface area contributed by atoms with Crippen LogP contribution in [0.15, 0.2) is 18.2 Å². The number of benzene rings is 1.